The van der Waals surface area contributed by atoms with Crippen LogP contribution in [0.25, 0.3) is 0 Å². The lowest BCUT2D eigenvalue weighted by molar-refractivity contribution is 0.547. The van der Waals surface area contributed by atoms with Gasteiger partial charge >= 0.3 is 0 Å². The van der Waals surface area contributed by atoms with Crippen molar-refractivity contribution in [2.45, 2.75) is 12.5 Å². The maximum Gasteiger partial charge on any atom is 0.141 e. The Kier molecular flexibility index (Phi) is 4.19. The highest BCUT2D eigenvalue weighted by atomic mass is 35.5. The first-order valence-corrected chi connectivity index (χ1v) is 5.75. The van der Waals surface area contributed by atoms with E-state index in [0.29, 0.717) is 6.42 Å². The minimum Gasteiger partial charge on any atom is -0.271 e. The second kappa shape index (κ2) is 5.86. The molecule has 94 valence electrons. The van der Waals surface area contributed by atoms with Crippen LogP contribution in [-0.4, -0.2) is 10.2 Å². The van der Waals surface area contributed by atoms with Crippen LogP contribution in [0.15, 0.2) is 36.7 Å². The molecule has 4 nitrogen and oxygen atoms in total. The summed E-state index contributed by atoms with van der Waals surface area (Å²) >= 11 is 5.74. The number of hydrogen-bond donors (Lipinski definition) is 2. The van der Waals surface area contributed by atoms with Gasteiger partial charge in [0.15, 0.2) is 0 Å². The number of halogens is 2. The first-order valence-electron chi connectivity index (χ1n) is 5.37. The zero-order valence-electron chi connectivity index (χ0n) is 9.48. The van der Waals surface area contributed by atoms with Gasteiger partial charge in [0, 0.05) is 6.20 Å². The first-order chi connectivity index (χ1) is 8.70. The molecule has 0 saturated heterocycles. The Labute approximate surface area is 109 Å². The van der Waals surface area contributed by atoms with E-state index in [1.807, 2.05) is 6.07 Å². The molecule has 2 rings (SSSR count). The Balaban J connectivity index is 2.18. The molecule has 0 bridgehead atoms. The van der Waals surface area contributed by atoms with Gasteiger partial charge in [-0.1, -0.05) is 17.7 Å². The Bertz CT molecular complexity index is 521. The molecule has 0 aliphatic heterocycles. The average Bonchev–Trinajstić information content (AvgIpc) is 2.41. The van der Waals surface area contributed by atoms with Crippen LogP contribution >= 0.6 is 11.6 Å². The highest BCUT2D eigenvalue weighted by molar-refractivity contribution is 6.30. The van der Waals surface area contributed by atoms with E-state index in [4.69, 9.17) is 17.4 Å². The molecule has 18 heavy (non-hydrogen) atoms. The summed E-state index contributed by atoms with van der Waals surface area (Å²) in [6, 6.07) is 6.32. The van der Waals surface area contributed by atoms with Crippen molar-refractivity contribution in [1.29, 1.82) is 0 Å². The molecule has 0 aliphatic rings. The molecule has 1 aromatic heterocycles. The lowest BCUT2D eigenvalue weighted by Crippen LogP contribution is -2.29. The van der Waals surface area contributed by atoms with Crippen molar-refractivity contribution >= 4 is 11.6 Å². The van der Waals surface area contributed by atoms with Crippen molar-refractivity contribution < 1.29 is 4.39 Å². The smallest absolute Gasteiger partial charge is 0.141 e. The second-order valence-corrected chi connectivity index (χ2v) is 4.25. The highest BCUT2D eigenvalue weighted by Crippen LogP contribution is 2.21. The number of rotatable bonds is 4. The first kappa shape index (κ1) is 12.9. The van der Waals surface area contributed by atoms with E-state index in [9.17, 15) is 4.39 Å². The van der Waals surface area contributed by atoms with Crippen molar-refractivity contribution in [2.75, 3.05) is 0 Å². The van der Waals surface area contributed by atoms with Gasteiger partial charge < -0.3 is 0 Å². The maximum atomic E-state index is 13.1. The Morgan fingerprint density at radius 3 is 2.78 bits per heavy atom. The van der Waals surface area contributed by atoms with Gasteiger partial charge in [-0.15, -0.1) is 0 Å². The fraction of sp³-hybridized carbons (Fsp3) is 0.167. The van der Waals surface area contributed by atoms with Crippen LogP contribution in [-0.2, 0) is 6.42 Å². The maximum absolute atomic E-state index is 13.1. The van der Waals surface area contributed by atoms with E-state index in [2.05, 4.69) is 15.6 Å². The molecule has 0 amide bonds. The van der Waals surface area contributed by atoms with Crippen molar-refractivity contribution in [2.24, 2.45) is 5.84 Å². The third kappa shape index (κ3) is 3.01. The van der Waals surface area contributed by atoms with Crippen molar-refractivity contribution in [3.63, 3.8) is 0 Å². The summed E-state index contributed by atoms with van der Waals surface area (Å²) < 4.78 is 13.1. The van der Waals surface area contributed by atoms with Gasteiger partial charge in [0.2, 0.25) is 0 Å². The number of benzene rings is 1. The molecule has 0 saturated carbocycles. The van der Waals surface area contributed by atoms with Gasteiger partial charge in [-0.05, 0) is 35.7 Å². The molecule has 6 heteroatoms. The lowest BCUT2D eigenvalue weighted by atomic mass is 10.0. The number of aromatic nitrogens is 2. The largest absolute Gasteiger partial charge is 0.271 e. The van der Waals surface area contributed by atoms with Crippen molar-refractivity contribution in [3.05, 3.63) is 58.6 Å². The number of nitrogens with zero attached hydrogens (tertiary/aromatic N) is 2. The molecule has 0 aliphatic carbocycles. The molecule has 0 fully saturated rings. The monoisotopic (exact) mass is 266 g/mol. The van der Waals surface area contributed by atoms with E-state index in [0.717, 1.165) is 11.1 Å². The number of hydrazine groups is 1. The summed E-state index contributed by atoms with van der Waals surface area (Å²) in [5, 5.41) is 7.61. The summed E-state index contributed by atoms with van der Waals surface area (Å²) in [6.45, 7) is 0. The van der Waals surface area contributed by atoms with Crippen LogP contribution in [0, 0.1) is 5.82 Å². The molecular formula is C12H12ClFN4. The lowest BCUT2D eigenvalue weighted by Gasteiger charge is -2.15. The summed E-state index contributed by atoms with van der Waals surface area (Å²) in [5.74, 6) is 5.09. The van der Waals surface area contributed by atoms with Gasteiger partial charge in [0.25, 0.3) is 0 Å². The van der Waals surface area contributed by atoms with E-state index < -0.39 is 5.82 Å². The average molecular weight is 267 g/mol. The SMILES string of the molecule is NNC(Cc1ccc(F)c(Cl)c1)c1ccnnc1. The third-order valence-corrected chi connectivity index (χ3v) is 2.92. The molecule has 3 N–H and O–H groups in total. The fourth-order valence-corrected chi connectivity index (χ4v) is 1.89. The highest BCUT2D eigenvalue weighted by Gasteiger charge is 2.11. The van der Waals surface area contributed by atoms with E-state index in [-0.39, 0.29) is 11.1 Å². The molecule has 1 atom stereocenters. The summed E-state index contributed by atoms with van der Waals surface area (Å²) in [6.07, 6.45) is 3.81. The molecular weight excluding hydrogens is 255 g/mol. The quantitative estimate of drug-likeness (QED) is 0.656. The Morgan fingerprint density at radius 2 is 2.17 bits per heavy atom. The van der Waals surface area contributed by atoms with Gasteiger partial charge in [-0.2, -0.15) is 10.2 Å². The standard InChI is InChI=1S/C12H12ClFN4/c13-10-5-8(1-2-11(10)14)6-12(18-15)9-3-4-16-17-7-9/h1-5,7,12,18H,6,15H2. The van der Waals surface area contributed by atoms with Crippen LogP contribution in [0.5, 0.6) is 0 Å². The van der Waals surface area contributed by atoms with Crippen LogP contribution in [0.1, 0.15) is 17.2 Å². The molecule has 2 aromatic rings. The van der Waals surface area contributed by atoms with E-state index in [1.54, 1.807) is 24.5 Å². The van der Waals surface area contributed by atoms with Crippen molar-refractivity contribution in [3.8, 4) is 0 Å². The van der Waals surface area contributed by atoms with Crippen LogP contribution in [0.4, 0.5) is 4.39 Å². The van der Waals surface area contributed by atoms with Gasteiger partial charge in [-0.3, -0.25) is 11.3 Å². The summed E-state index contributed by atoms with van der Waals surface area (Å²) in [7, 11) is 0. The zero-order chi connectivity index (χ0) is 13.0. The topological polar surface area (TPSA) is 63.8 Å². The molecule has 0 radical (unpaired) electrons. The van der Waals surface area contributed by atoms with E-state index in [1.165, 1.54) is 6.07 Å². The molecule has 0 spiro atoms. The fourth-order valence-electron chi connectivity index (χ4n) is 1.68. The Morgan fingerprint density at radius 1 is 1.33 bits per heavy atom. The normalized spacial score (nSPS) is 12.4. The van der Waals surface area contributed by atoms with Crippen LogP contribution in [0.2, 0.25) is 5.02 Å². The number of nitrogens with one attached hydrogen (secondary N) is 1. The van der Waals surface area contributed by atoms with Gasteiger partial charge in [0.05, 0.1) is 17.3 Å². The number of nitrogens with two attached hydrogens (primary N) is 1. The van der Waals surface area contributed by atoms with E-state index >= 15 is 0 Å². The van der Waals surface area contributed by atoms with Crippen molar-refractivity contribution in [1.82, 2.24) is 15.6 Å². The summed E-state index contributed by atoms with van der Waals surface area (Å²) in [4.78, 5) is 0. The van der Waals surface area contributed by atoms with Gasteiger partial charge in [0.1, 0.15) is 5.82 Å². The number of hydrogen-bond acceptors (Lipinski definition) is 4. The van der Waals surface area contributed by atoms with Gasteiger partial charge in [-0.25, -0.2) is 4.39 Å². The minimum absolute atomic E-state index is 0.108. The molecule has 1 aromatic carbocycles. The summed E-state index contributed by atoms with van der Waals surface area (Å²) in [5.41, 5.74) is 4.50. The predicted molar refractivity (Wildman–Crippen MR) is 67.2 cm³/mol. The second-order valence-electron chi connectivity index (χ2n) is 3.85. The molecule has 1 heterocycles. The molecule has 1 unspecified atom stereocenters. The minimum atomic E-state index is -0.428. The zero-order valence-corrected chi connectivity index (χ0v) is 10.2. The van der Waals surface area contributed by atoms with Crippen LogP contribution < -0.4 is 11.3 Å². The third-order valence-electron chi connectivity index (χ3n) is 2.63. The predicted octanol–water partition coefficient (Wildman–Crippen LogP) is 2.02. The Hall–Kier alpha value is -1.56. The van der Waals surface area contributed by atoms with Crippen LogP contribution in [0.3, 0.4) is 0 Å².